The van der Waals surface area contributed by atoms with Crippen molar-refractivity contribution in [3.63, 3.8) is 0 Å². The highest BCUT2D eigenvalue weighted by molar-refractivity contribution is 6.30. The summed E-state index contributed by atoms with van der Waals surface area (Å²) < 4.78 is 5.79. The number of nitrogens with one attached hydrogen (secondary N) is 1. The molecule has 0 unspecified atom stereocenters. The van der Waals surface area contributed by atoms with Crippen molar-refractivity contribution < 1.29 is 14.3 Å². The fraction of sp³-hybridized carbons (Fsp3) is 0.333. The minimum Gasteiger partial charge on any atom is -0.484 e. The average Bonchev–Trinajstić information content (AvgIpc) is 2.91. The third kappa shape index (κ3) is 7.59. The number of benzene rings is 3. The molecule has 1 atom stereocenters. The Morgan fingerprint density at radius 2 is 1.56 bits per heavy atom. The van der Waals surface area contributed by atoms with Gasteiger partial charge in [-0.15, -0.1) is 0 Å². The molecule has 0 aromatic heterocycles. The van der Waals surface area contributed by atoms with Gasteiger partial charge < -0.3 is 15.0 Å². The first-order chi connectivity index (χ1) is 17.6. The number of carbonyl (C=O) groups is 2. The van der Waals surface area contributed by atoms with Crippen molar-refractivity contribution in [3.05, 3.63) is 101 Å². The van der Waals surface area contributed by atoms with Crippen LogP contribution in [0.5, 0.6) is 5.75 Å². The van der Waals surface area contributed by atoms with Gasteiger partial charge in [-0.05, 0) is 48.2 Å². The average molecular weight is 505 g/mol. The second-order valence-electron chi connectivity index (χ2n) is 9.30. The summed E-state index contributed by atoms with van der Waals surface area (Å²) in [6.45, 7) is 0.0969. The van der Waals surface area contributed by atoms with E-state index in [2.05, 4.69) is 5.32 Å². The summed E-state index contributed by atoms with van der Waals surface area (Å²) >= 11 is 6.24. The molecule has 188 valence electrons. The molecule has 1 N–H and O–H groups in total. The summed E-state index contributed by atoms with van der Waals surface area (Å²) in [5, 5.41) is 3.84. The lowest BCUT2D eigenvalue weighted by atomic mass is 9.94. The fourth-order valence-electron chi connectivity index (χ4n) is 4.67. The molecule has 0 heterocycles. The van der Waals surface area contributed by atoms with Gasteiger partial charge in [0.05, 0.1) is 0 Å². The van der Waals surface area contributed by atoms with Gasteiger partial charge in [0.25, 0.3) is 5.91 Å². The van der Waals surface area contributed by atoms with E-state index in [9.17, 15) is 9.59 Å². The molecule has 0 radical (unpaired) electrons. The molecule has 5 nitrogen and oxygen atoms in total. The van der Waals surface area contributed by atoms with E-state index in [1.807, 2.05) is 78.9 Å². The molecule has 3 aromatic rings. The zero-order valence-electron chi connectivity index (χ0n) is 20.4. The van der Waals surface area contributed by atoms with Crippen LogP contribution in [0.1, 0.15) is 43.2 Å². The highest BCUT2D eigenvalue weighted by Crippen LogP contribution is 2.21. The van der Waals surface area contributed by atoms with Crippen LogP contribution in [-0.2, 0) is 22.6 Å². The van der Waals surface area contributed by atoms with Crippen molar-refractivity contribution in [2.75, 3.05) is 6.61 Å². The SMILES string of the molecule is O=C(NC1CCCCC1)[C@H](Cc1ccccc1)N(Cc1cccc(Cl)c1)C(=O)COc1ccccc1. The van der Waals surface area contributed by atoms with E-state index >= 15 is 0 Å². The predicted molar refractivity (Wildman–Crippen MR) is 143 cm³/mol. The van der Waals surface area contributed by atoms with Gasteiger partial charge in [0.2, 0.25) is 5.91 Å². The van der Waals surface area contributed by atoms with Crippen LogP contribution in [0, 0.1) is 0 Å². The normalized spacial score (nSPS) is 14.6. The molecule has 0 saturated heterocycles. The molecular weight excluding hydrogens is 472 g/mol. The summed E-state index contributed by atoms with van der Waals surface area (Å²) in [6.07, 6.45) is 5.80. The zero-order valence-corrected chi connectivity index (χ0v) is 21.2. The van der Waals surface area contributed by atoms with Crippen LogP contribution >= 0.6 is 11.6 Å². The van der Waals surface area contributed by atoms with Gasteiger partial charge in [-0.1, -0.05) is 91.5 Å². The highest BCUT2D eigenvalue weighted by Gasteiger charge is 2.32. The van der Waals surface area contributed by atoms with Gasteiger partial charge in [-0.25, -0.2) is 0 Å². The molecule has 6 heteroatoms. The largest absolute Gasteiger partial charge is 0.484 e. The Balaban J connectivity index is 1.60. The highest BCUT2D eigenvalue weighted by atomic mass is 35.5. The van der Waals surface area contributed by atoms with Crippen molar-refractivity contribution in [2.45, 2.75) is 57.2 Å². The quantitative estimate of drug-likeness (QED) is 0.379. The Labute approximate surface area is 218 Å². The van der Waals surface area contributed by atoms with Gasteiger partial charge in [-0.2, -0.15) is 0 Å². The lowest BCUT2D eigenvalue weighted by molar-refractivity contribution is -0.143. The zero-order chi connectivity index (χ0) is 25.2. The van der Waals surface area contributed by atoms with Gasteiger partial charge in [0.1, 0.15) is 11.8 Å². The topological polar surface area (TPSA) is 58.6 Å². The van der Waals surface area contributed by atoms with Crippen LogP contribution in [0.3, 0.4) is 0 Å². The number of hydrogen-bond acceptors (Lipinski definition) is 3. The number of nitrogens with zero attached hydrogens (tertiary/aromatic N) is 1. The van der Waals surface area contributed by atoms with E-state index in [1.54, 1.807) is 11.0 Å². The molecule has 4 rings (SSSR count). The Morgan fingerprint density at radius 3 is 2.25 bits per heavy atom. The lowest BCUT2D eigenvalue weighted by Crippen LogP contribution is -2.53. The van der Waals surface area contributed by atoms with Gasteiger partial charge >= 0.3 is 0 Å². The fourth-order valence-corrected chi connectivity index (χ4v) is 4.89. The van der Waals surface area contributed by atoms with Crippen molar-refractivity contribution in [1.29, 1.82) is 0 Å². The monoisotopic (exact) mass is 504 g/mol. The molecule has 1 aliphatic carbocycles. The second-order valence-corrected chi connectivity index (χ2v) is 9.74. The third-order valence-corrected chi connectivity index (χ3v) is 6.81. The molecule has 1 aliphatic rings. The maximum atomic E-state index is 13.7. The summed E-state index contributed by atoms with van der Waals surface area (Å²) in [4.78, 5) is 29.0. The van der Waals surface area contributed by atoms with E-state index in [0.29, 0.717) is 17.2 Å². The smallest absolute Gasteiger partial charge is 0.261 e. The maximum Gasteiger partial charge on any atom is 0.261 e. The molecule has 0 aliphatic heterocycles. The summed E-state index contributed by atoms with van der Waals surface area (Å²) in [6, 6.07) is 25.9. The number of carbonyl (C=O) groups excluding carboxylic acids is 2. The van der Waals surface area contributed by atoms with Crippen molar-refractivity contribution in [3.8, 4) is 5.75 Å². The summed E-state index contributed by atoms with van der Waals surface area (Å²) in [5.74, 6) is 0.235. The van der Waals surface area contributed by atoms with E-state index in [4.69, 9.17) is 16.3 Å². The Bertz CT molecular complexity index is 1120. The Kier molecular flexibility index (Phi) is 9.40. The van der Waals surface area contributed by atoms with E-state index < -0.39 is 6.04 Å². The van der Waals surface area contributed by atoms with Crippen LogP contribution in [0.25, 0.3) is 0 Å². The number of hydrogen-bond donors (Lipinski definition) is 1. The van der Waals surface area contributed by atoms with E-state index in [0.717, 1.165) is 36.8 Å². The van der Waals surface area contributed by atoms with Crippen LogP contribution in [0.4, 0.5) is 0 Å². The van der Waals surface area contributed by atoms with Crippen LogP contribution in [0.15, 0.2) is 84.9 Å². The predicted octanol–water partition coefficient (Wildman–Crippen LogP) is 5.81. The Morgan fingerprint density at radius 1 is 0.889 bits per heavy atom. The molecular formula is C30H33ClN2O3. The lowest BCUT2D eigenvalue weighted by Gasteiger charge is -2.33. The summed E-state index contributed by atoms with van der Waals surface area (Å²) in [5.41, 5.74) is 1.85. The molecule has 3 aromatic carbocycles. The summed E-state index contributed by atoms with van der Waals surface area (Å²) in [7, 11) is 0. The van der Waals surface area contributed by atoms with Crippen LogP contribution in [-0.4, -0.2) is 35.4 Å². The van der Waals surface area contributed by atoms with Gasteiger partial charge in [-0.3, -0.25) is 9.59 Å². The van der Waals surface area contributed by atoms with E-state index in [-0.39, 0.29) is 31.0 Å². The second kappa shape index (κ2) is 13.1. The van der Waals surface area contributed by atoms with Gasteiger partial charge in [0, 0.05) is 24.0 Å². The number of amides is 2. The van der Waals surface area contributed by atoms with Crippen molar-refractivity contribution >= 4 is 23.4 Å². The van der Waals surface area contributed by atoms with E-state index in [1.165, 1.54) is 6.42 Å². The van der Waals surface area contributed by atoms with Crippen LogP contribution < -0.4 is 10.1 Å². The molecule has 36 heavy (non-hydrogen) atoms. The first-order valence-electron chi connectivity index (χ1n) is 12.6. The third-order valence-electron chi connectivity index (χ3n) is 6.57. The molecule has 2 amide bonds. The molecule has 1 saturated carbocycles. The number of para-hydroxylation sites is 1. The number of ether oxygens (including phenoxy) is 1. The number of halogens is 1. The minimum atomic E-state index is -0.680. The molecule has 1 fully saturated rings. The first kappa shape index (κ1) is 25.8. The van der Waals surface area contributed by atoms with Gasteiger partial charge in [0.15, 0.2) is 6.61 Å². The van der Waals surface area contributed by atoms with Crippen molar-refractivity contribution in [2.24, 2.45) is 0 Å². The van der Waals surface area contributed by atoms with Crippen LogP contribution in [0.2, 0.25) is 5.02 Å². The Hall–Kier alpha value is -3.31. The molecule has 0 spiro atoms. The minimum absolute atomic E-state index is 0.124. The maximum absolute atomic E-state index is 13.7. The number of rotatable bonds is 10. The standard InChI is InChI=1S/C30H33ClN2O3/c31-25-14-10-13-24(19-25)21-33(29(34)22-36-27-17-8-3-9-18-27)28(20-23-11-4-1-5-12-23)30(35)32-26-15-6-2-7-16-26/h1,3-5,8-14,17-19,26,28H,2,6-7,15-16,20-22H2,(H,32,35)/t28-/m0/s1. The molecule has 0 bridgehead atoms. The van der Waals surface area contributed by atoms with Crippen molar-refractivity contribution in [1.82, 2.24) is 10.2 Å². The first-order valence-corrected chi connectivity index (χ1v) is 13.0.